The van der Waals surface area contributed by atoms with Crippen LogP contribution in [0.3, 0.4) is 0 Å². The van der Waals surface area contributed by atoms with Gasteiger partial charge in [-0.3, -0.25) is 33.4 Å². The van der Waals surface area contributed by atoms with Crippen molar-refractivity contribution in [2.45, 2.75) is 77.7 Å². The molecule has 6 heterocycles. The van der Waals surface area contributed by atoms with Gasteiger partial charge in [0.1, 0.15) is 24.2 Å². The first-order valence-electron chi connectivity index (χ1n) is 27.9. The molecule has 4 atom stereocenters. The van der Waals surface area contributed by atoms with Gasteiger partial charge in [0, 0.05) is 82.4 Å². The second kappa shape index (κ2) is 27.3. The monoisotopic (exact) mass is 1140 g/mol. The Labute approximate surface area is 481 Å². The number of piperidine rings is 1. The number of piperazine rings is 1. The molecule has 9 rings (SSSR count). The van der Waals surface area contributed by atoms with E-state index in [-0.39, 0.29) is 76.2 Å². The Hall–Kier alpha value is -7.83. The summed E-state index contributed by atoms with van der Waals surface area (Å²) in [6.45, 7) is 16.3. The van der Waals surface area contributed by atoms with Crippen molar-refractivity contribution in [3.05, 3.63) is 114 Å². The van der Waals surface area contributed by atoms with E-state index in [4.69, 9.17) is 19.4 Å². The Morgan fingerprint density at radius 3 is 2.30 bits per heavy atom. The number of hydrogen-bond acceptors (Lipinski definition) is 17. The summed E-state index contributed by atoms with van der Waals surface area (Å²) in [7, 11) is 0. The summed E-state index contributed by atoms with van der Waals surface area (Å²) in [6, 6.07) is 23.8. The third-order valence-corrected chi connectivity index (χ3v) is 15.8. The van der Waals surface area contributed by atoms with E-state index in [1.165, 1.54) is 11.0 Å². The number of imidazole rings is 1. The number of carbonyl (C=O) groups excluding carboxylic acids is 5. The average molecular weight is 1140 g/mol. The van der Waals surface area contributed by atoms with Crippen LogP contribution in [0.2, 0.25) is 0 Å². The van der Waals surface area contributed by atoms with E-state index < -0.39 is 35.4 Å². The van der Waals surface area contributed by atoms with Crippen molar-refractivity contribution in [3.63, 3.8) is 0 Å². The molecule has 3 saturated heterocycles. The second-order valence-electron chi connectivity index (χ2n) is 21.9. The molecule has 0 spiro atoms. The van der Waals surface area contributed by atoms with E-state index in [9.17, 15) is 29.1 Å². The van der Waals surface area contributed by atoms with Gasteiger partial charge in [-0.15, -0.1) is 11.3 Å². The number of amides is 5. The number of aliphatic hydroxyl groups is 1. The number of hydrogen-bond donors (Lipinski definition) is 6. The Bertz CT molecular complexity index is 3160. The Kier molecular flexibility index (Phi) is 19.6. The highest BCUT2D eigenvalue weighted by molar-refractivity contribution is 7.13. The number of nitrogens with one attached hydrogen (secondary N) is 5. The summed E-state index contributed by atoms with van der Waals surface area (Å²) in [5.74, 6) is -0.484. The smallest absolute Gasteiger partial charge is 0.246 e. The molecule has 3 aliphatic rings. The number of ether oxygens (including phenoxy) is 2. The number of nitrogens with zero attached hydrogens (tertiary/aromatic N) is 9. The third-order valence-electron chi connectivity index (χ3n) is 14.8. The predicted octanol–water partition coefficient (Wildman–Crippen LogP) is 5.18. The van der Waals surface area contributed by atoms with Crippen molar-refractivity contribution in [2.75, 3.05) is 101 Å². The lowest BCUT2D eigenvalue weighted by Crippen LogP contribution is -2.58. The summed E-state index contributed by atoms with van der Waals surface area (Å²) in [5.41, 5.74) is 8.05. The van der Waals surface area contributed by atoms with Gasteiger partial charge in [-0.2, -0.15) is 4.98 Å². The molecule has 3 aromatic heterocycles. The highest BCUT2D eigenvalue weighted by Crippen LogP contribution is 2.33. The minimum absolute atomic E-state index is 0.0307. The number of fused-ring (bicyclic) bond motifs is 1. The zero-order chi connectivity index (χ0) is 57.8. The largest absolute Gasteiger partial charge is 0.391 e. The second-order valence-corrected chi connectivity index (χ2v) is 22.7. The molecular weight excluding hydrogens is 1060 g/mol. The van der Waals surface area contributed by atoms with E-state index in [1.807, 2.05) is 105 Å². The molecule has 6 N–H and O–H groups in total. The first-order valence-corrected chi connectivity index (χ1v) is 28.8. The number of carbonyl (C=O) groups is 5. The standard InChI is InChI=1S/C59H74N14O8S/c1-6-51(77)71-23-10-13-45(34-71)73-54-47(66-58(73)65-42-11-8-7-9-12-42)33-62-57(68-54)64-43-18-20-44(21-19-43)70-26-24-69(25-27-70)36-49(75)60-22-28-80-29-30-81-37-50(76)67-53(59(3,4)5)56(79)72-35-46(74)31-48(72)55(78)61-32-40-14-16-41(17-15-40)52-39(2)63-38-82-52/h6-9,11-12,14-21,33,38,45-46,48,53,74H,1,10,13,22-32,34-37H2,2-5H3,(H,60,75)(H,61,78)(H,65,66)(H,67,76)(H,62,64,68). The van der Waals surface area contributed by atoms with Crippen molar-refractivity contribution in [2.24, 2.45) is 5.41 Å². The quantitative estimate of drug-likeness (QED) is 0.0357. The first kappa shape index (κ1) is 58.8. The van der Waals surface area contributed by atoms with E-state index >= 15 is 0 Å². The van der Waals surface area contributed by atoms with Crippen molar-refractivity contribution >= 4 is 81.0 Å². The minimum Gasteiger partial charge on any atom is -0.391 e. The zero-order valence-corrected chi connectivity index (χ0v) is 47.8. The van der Waals surface area contributed by atoms with Crippen LogP contribution in [-0.4, -0.2) is 177 Å². The maximum atomic E-state index is 14.0. The average Bonchev–Trinajstić information content (AvgIpc) is 4.31. The van der Waals surface area contributed by atoms with Gasteiger partial charge in [-0.25, -0.2) is 15.0 Å². The summed E-state index contributed by atoms with van der Waals surface area (Å²) >= 11 is 1.57. The summed E-state index contributed by atoms with van der Waals surface area (Å²) in [5, 5.41) is 26.1. The number of benzene rings is 3. The number of anilines is 5. The zero-order valence-electron chi connectivity index (χ0n) is 47.0. The molecule has 434 valence electrons. The van der Waals surface area contributed by atoms with Gasteiger partial charge < -0.3 is 55.9 Å². The number of β-amino-alcohol motifs (C(OH)–C–C–N with tert-alkyl or cyclic N) is 1. The number of rotatable bonds is 23. The lowest BCUT2D eigenvalue weighted by atomic mass is 9.85. The highest BCUT2D eigenvalue weighted by Gasteiger charge is 2.44. The summed E-state index contributed by atoms with van der Waals surface area (Å²) in [4.78, 5) is 93.5. The fraction of sp³-hybridized carbons (Fsp3) is 0.441. The molecule has 22 nitrogen and oxygen atoms in total. The Morgan fingerprint density at radius 2 is 1.59 bits per heavy atom. The van der Waals surface area contributed by atoms with Gasteiger partial charge in [-0.1, -0.05) is 69.8 Å². The molecule has 4 unspecified atom stereocenters. The number of aryl methyl sites for hydroxylation is 1. The van der Waals surface area contributed by atoms with Gasteiger partial charge in [-0.05, 0) is 78.8 Å². The van der Waals surface area contributed by atoms with Crippen LogP contribution in [0, 0.1) is 12.3 Å². The van der Waals surface area contributed by atoms with E-state index in [1.54, 1.807) is 17.5 Å². The number of likely N-dealkylation sites (tertiary alicyclic amines) is 2. The molecule has 0 bridgehead atoms. The van der Waals surface area contributed by atoms with Crippen molar-refractivity contribution in [1.82, 2.24) is 55.2 Å². The number of para-hydroxylation sites is 1. The molecule has 3 aromatic carbocycles. The third kappa shape index (κ3) is 15.2. The molecule has 0 aliphatic carbocycles. The van der Waals surface area contributed by atoms with Crippen LogP contribution in [-0.2, 0) is 40.0 Å². The first-order chi connectivity index (χ1) is 39.6. The van der Waals surface area contributed by atoms with E-state index in [0.29, 0.717) is 55.8 Å². The summed E-state index contributed by atoms with van der Waals surface area (Å²) < 4.78 is 13.3. The molecule has 3 fully saturated rings. The van der Waals surface area contributed by atoms with Crippen LogP contribution in [0.25, 0.3) is 21.6 Å². The molecule has 0 radical (unpaired) electrons. The van der Waals surface area contributed by atoms with Gasteiger partial charge in [0.25, 0.3) is 0 Å². The van der Waals surface area contributed by atoms with Crippen LogP contribution in [0.1, 0.15) is 57.3 Å². The van der Waals surface area contributed by atoms with Crippen LogP contribution in [0.15, 0.2) is 103 Å². The number of aliphatic hydroxyl groups excluding tert-OH is 1. The van der Waals surface area contributed by atoms with Crippen LogP contribution in [0.4, 0.5) is 29.0 Å². The lowest BCUT2D eigenvalue weighted by Gasteiger charge is -2.35. The fourth-order valence-corrected chi connectivity index (χ4v) is 11.3. The van der Waals surface area contributed by atoms with Crippen molar-refractivity contribution in [1.29, 1.82) is 0 Å². The predicted molar refractivity (Wildman–Crippen MR) is 315 cm³/mol. The van der Waals surface area contributed by atoms with Crippen LogP contribution < -0.4 is 31.5 Å². The van der Waals surface area contributed by atoms with Crippen LogP contribution >= 0.6 is 11.3 Å². The molecule has 3 aliphatic heterocycles. The molecule has 23 heteroatoms. The maximum absolute atomic E-state index is 14.0. The van der Waals surface area contributed by atoms with Crippen molar-refractivity contribution < 1.29 is 38.6 Å². The highest BCUT2D eigenvalue weighted by atomic mass is 32.1. The minimum atomic E-state index is -0.988. The van der Waals surface area contributed by atoms with Crippen LogP contribution in [0.5, 0.6) is 0 Å². The Balaban J connectivity index is 0.657. The van der Waals surface area contributed by atoms with Gasteiger partial charge in [0.15, 0.2) is 5.65 Å². The van der Waals surface area contributed by atoms with E-state index in [2.05, 4.69) is 69.6 Å². The topological polar surface area (TPSA) is 254 Å². The maximum Gasteiger partial charge on any atom is 0.246 e. The van der Waals surface area contributed by atoms with Crippen molar-refractivity contribution in [3.8, 4) is 10.4 Å². The van der Waals surface area contributed by atoms with E-state index in [0.717, 1.165) is 64.7 Å². The summed E-state index contributed by atoms with van der Waals surface area (Å²) in [6.07, 6.45) is 3.97. The fourth-order valence-electron chi connectivity index (χ4n) is 10.5. The number of aromatic nitrogens is 5. The SMILES string of the molecule is C=CC(=O)N1CCCC(n2c(Nc3ccccc3)nc3cnc(Nc4ccc(N5CCN(CC(=O)NCCOCCOCC(=O)NC(C(=O)N6CC(O)CC6C(=O)NCc6ccc(-c7scnc7C)cc6)C(C)(C)C)CC5)cc4)nc32)C1. The molecule has 5 amide bonds. The number of thiazole rings is 1. The Morgan fingerprint density at radius 1 is 0.841 bits per heavy atom. The van der Waals surface area contributed by atoms with Gasteiger partial charge in [0.05, 0.1) is 60.8 Å². The molecule has 6 aromatic rings. The lowest BCUT2D eigenvalue weighted by molar-refractivity contribution is -0.144. The molecular formula is C59H74N14O8S. The van der Waals surface area contributed by atoms with Gasteiger partial charge in [0.2, 0.25) is 41.4 Å². The molecule has 82 heavy (non-hydrogen) atoms. The normalized spacial score (nSPS) is 18.0. The molecule has 0 saturated carbocycles. The van der Waals surface area contributed by atoms with Gasteiger partial charge >= 0.3 is 0 Å².